The molecule has 18 heavy (non-hydrogen) atoms. The van der Waals surface area contributed by atoms with Gasteiger partial charge in [0.1, 0.15) is 0 Å². The van der Waals surface area contributed by atoms with Crippen LogP contribution in [-0.4, -0.2) is 29.1 Å². The number of hydrogen-bond acceptors (Lipinski definition) is 3. The van der Waals surface area contributed by atoms with Crippen LogP contribution in [0.2, 0.25) is 0 Å². The molecule has 100 valence electrons. The lowest BCUT2D eigenvalue weighted by atomic mass is 9.86. The molecule has 4 nitrogen and oxygen atoms in total. The van der Waals surface area contributed by atoms with Crippen LogP contribution in [0.3, 0.4) is 0 Å². The van der Waals surface area contributed by atoms with Gasteiger partial charge < -0.3 is 14.9 Å². The number of aliphatic carboxylic acids is 1. The summed E-state index contributed by atoms with van der Waals surface area (Å²) in [6.45, 7) is 5.57. The molecule has 0 aromatic rings. The molecule has 1 rings (SSSR count). The maximum Gasteiger partial charge on any atom is 0.335 e. The highest BCUT2D eigenvalue weighted by atomic mass is 16.6. The number of carboxylic acid groups (broad SMARTS) is 1. The van der Waals surface area contributed by atoms with E-state index in [0.717, 1.165) is 5.57 Å². The first-order chi connectivity index (χ1) is 8.30. The number of rotatable bonds is 4. The Hall–Kier alpha value is -1.39. The molecule has 0 radical (unpaired) electrons. The molecule has 1 aliphatic rings. The average Bonchev–Trinajstić information content (AvgIpc) is 2.29. The first-order valence-electron chi connectivity index (χ1n) is 5.85. The van der Waals surface area contributed by atoms with Gasteiger partial charge in [-0.2, -0.15) is 0 Å². The number of ether oxygens (including phenoxy) is 1. The Balaban J connectivity index is 3.16. The molecule has 0 saturated heterocycles. The standard InChI is InChI=1S/C14H20O4/c1-9(2)5-6-11-8-14(17,18-4)10(3)7-12(11)13(15)16/h5,7,17H,6,8H2,1-4H3,(H,15,16). The van der Waals surface area contributed by atoms with Gasteiger partial charge in [-0.15, -0.1) is 0 Å². The van der Waals surface area contributed by atoms with Crippen LogP contribution in [0, 0.1) is 0 Å². The van der Waals surface area contributed by atoms with Gasteiger partial charge >= 0.3 is 5.97 Å². The van der Waals surface area contributed by atoms with Gasteiger partial charge in [0, 0.05) is 13.5 Å². The second-order valence-electron chi connectivity index (χ2n) is 4.80. The van der Waals surface area contributed by atoms with E-state index in [1.165, 1.54) is 13.2 Å². The van der Waals surface area contributed by atoms with E-state index < -0.39 is 11.8 Å². The molecule has 0 spiro atoms. The van der Waals surface area contributed by atoms with Crippen LogP contribution in [0.4, 0.5) is 0 Å². The number of methoxy groups -OCH3 is 1. The molecule has 0 aliphatic heterocycles. The van der Waals surface area contributed by atoms with Gasteiger partial charge in [0.05, 0.1) is 5.57 Å². The fourth-order valence-electron chi connectivity index (χ4n) is 1.91. The quantitative estimate of drug-likeness (QED) is 0.595. The minimum Gasteiger partial charge on any atom is -0.478 e. The molecule has 0 aromatic carbocycles. The molecule has 0 heterocycles. The van der Waals surface area contributed by atoms with Crippen molar-refractivity contribution in [3.05, 3.63) is 34.4 Å². The summed E-state index contributed by atoms with van der Waals surface area (Å²) in [5.41, 5.74) is 2.56. The highest BCUT2D eigenvalue weighted by molar-refractivity contribution is 5.91. The molecular weight excluding hydrogens is 232 g/mol. The largest absolute Gasteiger partial charge is 0.478 e. The van der Waals surface area contributed by atoms with Crippen molar-refractivity contribution in [1.29, 1.82) is 0 Å². The zero-order valence-corrected chi connectivity index (χ0v) is 11.3. The molecule has 1 atom stereocenters. The van der Waals surface area contributed by atoms with Crippen molar-refractivity contribution in [2.24, 2.45) is 0 Å². The minimum absolute atomic E-state index is 0.192. The van der Waals surface area contributed by atoms with Crippen molar-refractivity contribution in [2.75, 3.05) is 7.11 Å². The second-order valence-corrected chi connectivity index (χ2v) is 4.80. The van der Waals surface area contributed by atoms with Gasteiger partial charge in [0.15, 0.2) is 5.79 Å². The fraction of sp³-hybridized carbons (Fsp3) is 0.500. The Bertz CT molecular complexity index is 439. The third kappa shape index (κ3) is 3.09. The summed E-state index contributed by atoms with van der Waals surface area (Å²) in [4.78, 5) is 11.2. The molecule has 4 heteroatoms. The summed E-state index contributed by atoms with van der Waals surface area (Å²) < 4.78 is 5.10. The van der Waals surface area contributed by atoms with Crippen LogP contribution < -0.4 is 0 Å². The first-order valence-corrected chi connectivity index (χ1v) is 5.85. The monoisotopic (exact) mass is 252 g/mol. The molecule has 0 aromatic heterocycles. The Labute approximate surface area is 107 Å². The van der Waals surface area contributed by atoms with Crippen LogP contribution in [0.15, 0.2) is 34.4 Å². The van der Waals surface area contributed by atoms with Gasteiger partial charge in [-0.25, -0.2) is 4.79 Å². The van der Waals surface area contributed by atoms with E-state index in [0.29, 0.717) is 17.6 Å². The van der Waals surface area contributed by atoms with E-state index in [1.54, 1.807) is 6.92 Å². The third-order valence-electron chi connectivity index (χ3n) is 3.14. The first kappa shape index (κ1) is 14.7. The minimum atomic E-state index is -1.39. The maximum atomic E-state index is 11.2. The summed E-state index contributed by atoms with van der Waals surface area (Å²) >= 11 is 0. The highest BCUT2D eigenvalue weighted by Gasteiger charge is 2.35. The van der Waals surface area contributed by atoms with E-state index in [4.69, 9.17) is 4.74 Å². The summed E-state index contributed by atoms with van der Waals surface area (Å²) in [5.74, 6) is -2.35. The third-order valence-corrected chi connectivity index (χ3v) is 3.14. The van der Waals surface area contributed by atoms with E-state index in [9.17, 15) is 15.0 Å². The van der Waals surface area contributed by atoms with Crippen LogP contribution in [-0.2, 0) is 9.53 Å². The van der Waals surface area contributed by atoms with Gasteiger partial charge in [-0.1, -0.05) is 11.6 Å². The molecular formula is C14H20O4. The predicted molar refractivity (Wildman–Crippen MR) is 69.0 cm³/mol. The Morgan fingerprint density at radius 3 is 2.61 bits per heavy atom. The normalized spacial score (nSPS) is 23.7. The van der Waals surface area contributed by atoms with Gasteiger partial charge in [-0.3, -0.25) is 0 Å². The van der Waals surface area contributed by atoms with Crippen molar-refractivity contribution >= 4 is 5.97 Å². The van der Waals surface area contributed by atoms with Crippen molar-refractivity contribution in [1.82, 2.24) is 0 Å². The van der Waals surface area contributed by atoms with E-state index in [-0.39, 0.29) is 12.0 Å². The van der Waals surface area contributed by atoms with E-state index in [2.05, 4.69) is 0 Å². The summed E-state index contributed by atoms with van der Waals surface area (Å²) in [6.07, 6.45) is 4.14. The number of carbonyl (C=O) groups is 1. The Kier molecular flexibility index (Phi) is 4.48. The van der Waals surface area contributed by atoms with Crippen LogP contribution in [0.25, 0.3) is 0 Å². The fourth-order valence-corrected chi connectivity index (χ4v) is 1.91. The maximum absolute atomic E-state index is 11.2. The number of hydrogen-bond donors (Lipinski definition) is 2. The summed E-state index contributed by atoms with van der Waals surface area (Å²) in [5, 5.41) is 19.4. The average molecular weight is 252 g/mol. The van der Waals surface area contributed by atoms with Gasteiger partial charge in [-0.05, 0) is 44.4 Å². The number of aliphatic hydroxyl groups is 1. The molecule has 1 unspecified atom stereocenters. The van der Waals surface area contributed by atoms with Crippen molar-refractivity contribution in [3.63, 3.8) is 0 Å². The van der Waals surface area contributed by atoms with Crippen LogP contribution in [0.1, 0.15) is 33.6 Å². The zero-order chi connectivity index (χ0) is 13.9. The lowest BCUT2D eigenvalue weighted by molar-refractivity contribution is -0.155. The number of allylic oxidation sites excluding steroid dienone is 2. The predicted octanol–water partition coefficient (Wildman–Crippen LogP) is 2.41. The molecule has 0 amide bonds. The summed E-state index contributed by atoms with van der Waals surface area (Å²) in [7, 11) is 1.42. The van der Waals surface area contributed by atoms with Gasteiger partial charge in [0.25, 0.3) is 0 Å². The second kappa shape index (κ2) is 5.50. The van der Waals surface area contributed by atoms with Crippen molar-refractivity contribution in [3.8, 4) is 0 Å². The lowest BCUT2D eigenvalue weighted by Crippen LogP contribution is -2.36. The zero-order valence-electron chi connectivity index (χ0n) is 11.3. The smallest absolute Gasteiger partial charge is 0.335 e. The Morgan fingerprint density at radius 1 is 1.56 bits per heavy atom. The number of carboxylic acids is 1. The molecule has 0 fully saturated rings. The molecule has 0 bridgehead atoms. The highest BCUT2D eigenvalue weighted by Crippen LogP contribution is 2.35. The summed E-state index contributed by atoms with van der Waals surface area (Å²) in [6, 6.07) is 0. The molecule has 2 N–H and O–H groups in total. The van der Waals surface area contributed by atoms with Crippen molar-refractivity contribution < 1.29 is 19.7 Å². The lowest BCUT2D eigenvalue weighted by Gasteiger charge is -2.32. The van der Waals surface area contributed by atoms with E-state index in [1.807, 2.05) is 19.9 Å². The Morgan fingerprint density at radius 2 is 2.17 bits per heavy atom. The van der Waals surface area contributed by atoms with Crippen LogP contribution in [0.5, 0.6) is 0 Å². The molecule has 1 aliphatic carbocycles. The van der Waals surface area contributed by atoms with Crippen LogP contribution >= 0.6 is 0 Å². The molecule has 0 saturated carbocycles. The van der Waals surface area contributed by atoms with E-state index >= 15 is 0 Å². The van der Waals surface area contributed by atoms with Crippen molar-refractivity contribution in [2.45, 2.75) is 39.4 Å². The topological polar surface area (TPSA) is 66.8 Å². The SMILES string of the molecule is COC1(O)CC(CC=C(C)C)=C(C(=O)O)C=C1C. The van der Waals surface area contributed by atoms with Gasteiger partial charge in [0.2, 0.25) is 0 Å².